The van der Waals surface area contributed by atoms with Crippen molar-refractivity contribution < 1.29 is 18.3 Å². The predicted octanol–water partition coefficient (Wildman–Crippen LogP) is 1.99. The van der Waals surface area contributed by atoms with Gasteiger partial charge in [0.2, 0.25) is 10.0 Å². The Morgan fingerprint density at radius 2 is 2.14 bits per heavy atom. The first-order valence-corrected chi connectivity index (χ1v) is 8.03. The first-order valence-electron chi connectivity index (χ1n) is 6.17. The molecule has 1 aromatic rings. The predicted molar refractivity (Wildman–Crippen MR) is 77.4 cm³/mol. The van der Waals surface area contributed by atoms with Crippen molar-refractivity contribution in [3.05, 3.63) is 28.8 Å². The van der Waals surface area contributed by atoms with Gasteiger partial charge in [0.15, 0.2) is 0 Å². The third-order valence-electron chi connectivity index (χ3n) is 3.11. The van der Waals surface area contributed by atoms with Gasteiger partial charge in [-0.15, -0.1) is 0 Å². The Labute approximate surface area is 128 Å². The molecule has 0 aromatic heterocycles. The van der Waals surface area contributed by atoms with Gasteiger partial charge in [-0.1, -0.05) is 31.9 Å². The van der Waals surface area contributed by atoms with Gasteiger partial charge in [0.1, 0.15) is 10.9 Å². The van der Waals surface area contributed by atoms with Crippen LogP contribution in [-0.2, 0) is 14.8 Å². The number of hydrogen-bond acceptors (Lipinski definition) is 4. The summed E-state index contributed by atoms with van der Waals surface area (Å²) >= 11 is 5.84. The maximum atomic E-state index is 12.3. The minimum absolute atomic E-state index is 0.0743. The summed E-state index contributed by atoms with van der Waals surface area (Å²) in [6, 6.07) is 4.32. The molecule has 114 valence electrons. The SMILES string of the molecule is CC[C@H](C)[C@H](NS(=O)(=O)c1cc(C#N)ccc1Cl)C(=O)O. The lowest BCUT2D eigenvalue weighted by atomic mass is 10.0. The van der Waals surface area contributed by atoms with Crippen LogP contribution in [0.3, 0.4) is 0 Å². The zero-order valence-electron chi connectivity index (χ0n) is 11.5. The summed E-state index contributed by atoms with van der Waals surface area (Å²) in [5.41, 5.74) is 0.121. The zero-order chi connectivity index (χ0) is 16.2. The van der Waals surface area contributed by atoms with E-state index in [1.54, 1.807) is 13.8 Å². The van der Waals surface area contributed by atoms with Crippen LogP contribution in [0.4, 0.5) is 0 Å². The smallest absolute Gasteiger partial charge is 0.322 e. The monoisotopic (exact) mass is 330 g/mol. The summed E-state index contributed by atoms with van der Waals surface area (Å²) in [6.45, 7) is 3.40. The molecule has 1 aromatic carbocycles. The highest BCUT2D eigenvalue weighted by molar-refractivity contribution is 7.89. The highest BCUT2D eigenvalue weighted by Gasteiger charge is 2.30. The van der Waals surface area contributed by atoms with Crippen molar-refractivity contribution in [1.29, 1.82) is 5.26 Å². The van der Waals surface area contributed by atoms with Gasteiger partial charge in [0.05, 0.1) is 16.7 Å². The second-order valence-electron chi connectivity index (χ2n) is 4.58. The number of nitrogens with one attached hydrogen (secondary N) is 1. The molecule has 2 N–H and O–H groups in total. The second kappa shape index (κ2) is 6.89. The molecule has 0 saturated heterocycles. The van der Waals surface area contributed by atoms with E-state index in [0.717, 1.165) is 6.07 Å². The van der Waals surface area contributed by atoms with Crippen LogP contribution in [-0.4, -0.2) is 25.5 Å². The van der Waals surface area contributed by atoms with E-state index in [1.807, 2.05) is 6.07 Å². The highest BCUT2D eigenvalue weighted by Crippen LogP contribution is 2.23. The van der Waals surface area contributed by atoms with Crippen molar-refractivity contribution in [2.45, 2.75) is 31.2 Å². The number of carboxylic acid groups (broad SMARTS) is 1. The molecule has 0 radical (unpaired) electrons. The van der Waals surface area contributed by atoms with Gasteiger partial charge in [-0.2, -0.15) is 9.98 Å². The Bertz CT molecular complexity index is 682. The number of carboxylic acids is 1. The fourth-order valence-corrected chi connectivity index (χ4v) is 3.48. The summed E-state index contributed by atoms with van der Waals surface area (Å²) in [6.07, 6.45) is 0.492. The van der Waals surface area contributed by atoms with Crippen molar-refractivity contribution in [2.24, 2.45) is 5.92 Å². The first kappa shape index (κ1) is 17.4. The average Bonchev–Trinajstić information content (AvgIpc) is 2.44. The molecule has 2 atom stereocenters. The minimum atomic E-state index is -4.14. The lowest BCUT2D eigenvalue weighted by molar-refractivity contribution is -0.140. The molecule has 0 aliphatic carbocycles. The van der Waals surface area contributed by atoms with Gasteiger partial charge in [-0.3, -0.25) is 4.79 Å². The largest absolute Gasteiger partial charge is 0.480 e. The van der Waals surface area contributed by atoms with Crippen LogP contribution in [0.5, 0.6) is 0 Å². The van der Waals surface area contributed by atoms with E-state index >= 15 is 0 Å². The number of benzene rings is 1. The lowest BCUT2D eigenvalue weighted by Gasteiger charge is -2.20. The molecule has 8 heteroatoms. The van der Waals surface area contributed by atoms with Crippen LogP contribution in [0.2, 0.25) is 5.02 Å². The molecular weight excluding hydrogens is 316 g/mol. The van der Waals surface area contributed by atoms with E-state index in [2.05, 4.69) is 4.72 Å². The molecule has 21 heavy (non-hydrogen) atoms. The first-order chi connectivity index (χ1) is 9.72. The molecule has 0 aliphatic rings. The van der Waals surface area contributed by atoms with E-state index in [1.165, 1.54) is 12.1 Å². The Balaban J connectivity index is 3.23. The van der Waals surface area contributed by atoms with Crippen molar-refractivity contribution in [1.82, 2.24) is 4.72 Å². The van der Waals surface area contributed by atoms with Gasteiger partial charge in [0.25, 0.3) is 0 Å². The molecule has 0 aliphatic heterocycles. The highest BCUT2D eigenvalue weighted by atomic mass is 35.5. The Kier molecular flexibility index (Phi) is 5.72. The van der Waals surface area contributed by atoms with Crippen molar-refractivity contribution >= 4 is 27.6 Å². The molecule has 0 amide bonds. The van der Waals surface area contributed by atoms with E-state index in [-0.39, 0.29) is 15.5 Å². The third kappa shape index (κ3) is 4.17. The van der Waals surface area contributed by atoms with Crippen LogP contribution in [0.25, 0.3) is 0 Å². The van der Waals surface area contributed by atoms with Gasteiger partial charge < -0.3 is 5.11 Å². The number of carbonyl (C=O) groups is 1. The Hall–Kier alpha value is -1.62. The molecule has 0 spiro atoms. The maximum Gasteiger partial charge on any atom is 0.322 e. The van der Waals surface area contributed by atoms with Gasteiger partial charge in [-0.25, -0.2) is 8.42 Å². The normalized spacial score (nSPS) is 14.2. The van der Waals surface area contributed by atoms with Crippen molar-refractivity contribution in [3.63, 3.8) is 0 Å². The topological polar surface area (TPSA) is 107 Å². The van der Waals surface area contributed by atoms with E-state index in [4.69, 9.17) is 22.0 Å². The summed E-state index contributed by atoms with van der Waals surface area (Å²) in [5, 5.41) is 17.9. The van der Waals surface area contributed by atoms with E-state index in [9.17, 15) is 13.2 Å². The quantitative estimate of drug-likeness (QED) is 0.829. The molecule has 0 heterocycles. The van der Waals surface area contributed by atoms with Crippen molar-refractivity contribution in [3.8, 4) is 6.07 Å². The minimum Gasteiger partial charge on any atom is -0.480 e. The van der Waals surface area contributed by atoms with E-state index < -0.39 is 28.0 Å². The number of aliphatic carboxylic acids is 1. The van der Waals surface area contributed by atoms with Crippen LogP contribution >= 0.6 is 11.6 Å². The standard InChI is InChI=1S/C13H15ClN2O4S/c1-3-8(2)12(13(17)18)16-21(19,20)11-6-9(7-15)4-5-10(11)14/h4-6,8,12,16H,3H2,1-2H3,(H,17,18)/t8-,12-/m0/s1. The molecule has 0 fully saturated rings. The summed E-state index contributed by atoms with van der Waals surface area (Å²) in [5.74, 6) is -1.66. The molecule has 6 nitrogen and oxygen atoms in total. The average molecular weight is 331 g/mol. The Morgan fingerprint density at radius 1 is 1.52 bits per heavy atom. The number of sulfonamides is 1. The van der Waals surface area contributed by atoms with Gasteiger partial charge >= 0.3 is 5.97 Å². The third-order valence-corrected chi connectivity index (χ3v) is 5.03. The second-order valence-corrected chi connectivity index (χ2v) is 6.67. The molecular formula is C13H15ClN2O4S. The maximum absolute atomic E-state index is 12.3. The van der Waals surface area contributed by atoms with Gasteiger partial charge in [0, 0.05) is 0 Å². The fourth-order valence-electron chi connectivity index (χ4n) is 1.66. The van der Waals surface area contributed by atoms with E-state index in [0.29, 0.717) is 6.42 Å². The van der Waals surface area contributed by atoms with Gasteiger partial charge in [-0.05, 0) is 24.1 Å². The van der Waals surface area contributed by atoms with Crippen LogP contribution in [0.1, 0.15) is 25.8 Å². The molecule has 0 saturated carbocycles. The summed E-state index contributed by atoms with van der Waals surface area (Å²) in [7, 11) is -4.14. The lowest BCUT2D eigenvalue weighted by Crippen LogP contribution is -2.44. The number of nitriles is 1. The van der Waals surface area contributed by atoms with Crippen LogP contribution in [0.15, 0.2) is 23.1 Å². The summed E-state index contributed by atoms with van der Waals surface area (Å²) < 4.78 is 26.7. The van der Waals surface area contributed by atoms with Crippen molar-refractivity contribution in [2.75, 3.05) is 0 Å². The fraction of sp³-hybridized carbons (Fsp3) is 0.385. The number of hydrogen-bond donors (Lipinski definition) is 2. The molecule has 0 bridgehead atoms. The Morgan fingerprint density at radius 3 is 2.62 bits per heavy atom. The van der Waals surface area contributed by atoms with Crippen LogP contribution in [0, 0.1) is 17.2 Å². The molecule has 1 rings (SSSR count). The number of rotatable bonds is 6. The zero-order valence-corrected chi connectivity index (χ0v) is 13.1. The summed E-state index contributed by atoms with van der Waals surface area (Å²) in [4.78, 5) is 10.9. The number of nitrogens with zero attached hydrogens (tertiary/aromatic N) is 1. The van der Waals surface area contributed by atoms with Crippen LogP contribution < -0.4 is 4.72 Å². The molecule has 0 unspecified atom stereocenters. The number of halogens is 1.